The second kappa shape index (κ2) is 11.6. The maximum atomic E-state index is 15.2. The van der Waals surface area contributed by atoms with Crippen molar-refractivity contribution in [3.05, 3.63) is 87.3 Å². The molecule has 0 aliphatic carbocycles. The van der Waals surface area contributed by atoms with Gasteiger partial charge in [0.1, 0.15) is 17.2 Å². The van der Waals surface area contributed by atoms with E-state index in [4.69, 9.17) is 37.9 Å². The minimum absolute atomic E-state index is 0.0345. The predicted octanol–water partition coefficient (Wildman–Crippen LogP) is 6.95. The third kappa shape index (κ3) is 6.05. The maximum absolute atomic E-state index is 15.2. The molecule has 0 radical (unpaired) electrons. The highest BCUT2D eigenvalue weighted by atomic mass is 35.5. The summed E-state index contributed by atoms with van der Waals surface area (Å²) in [5, 5.41) is 12.9. The molecule has 10 heteroatoms. The van der Waals surface area contributed by atoms with Crippen molar-refractivity contribution in [3.63, 3.8) is 0 Å². The van der Waals surface area contributed by atoms with Crippen LogP contribution in [-0.2, 0) is 6.54 Å². The van der Waals surface area contributed by atoms with Crippen molar-refractivity contribution in [2.45, 2.75) is 6.54 Å². The molecular weight excluding hydrogens is 524 g/mol. The highest BCUT2D eigenvalue weighted by Gasteiger charge is 2.17. The highest BCUT2D eigenvalue weighted by Crippen LogP contribution is 2.35. The number of amides is 1. The molecule has 4 rings (SSSR count). The lowest BCUT2D eigenvalue weighted by Crippen LogP contribution is -2.23. The fourth-order valence-electron chi connectivity index (χ4n) is 3.44. The molecule has 6 nitrogen and oxygen atoms in total. The van der Waals surface area contributed by atoms with E-state index in [-0.39, 0.29) is 39.2 Å². The van der Waals surface area contributed by atoms with Crippen LogP contribution in [0.15, 0.2) is 54.6 Å². The summed E-state index contributed by atoms with van der Waals surface area (Å²) in [7, 11) is 0. The number of aromatic nitrogens is 1. The fraction of sp³-hybridized carbons (Fsp3) is 0.154. The molecule has 36 heavy (non-hydrogen) atoms. The minimum atomic E-state index is -0.732. The zero-order valence-corrected chi connectivity index (χ0v) is 21.4. The molecule has 0 aliphatic rings. The summed E-state index contributed by atoms with van der Waals surface area (Å²) in [5.74, 6) is 0.406. The fourth-order valence-corrected chi connectivity index (χ4v) is 4.10. The summed E-state index contributed by atoms with van der Waals surface area (Å²) in [4.78, 5) is 15.8. The van der Waals surface area contributed by atoms with E-state index in [1.165, 1.54) is 30.3 Å². The number of thioether (sulfide) groups is 1. The smallest absolute Gasteiger partial charge is 0.267 e. The molecule has 0 bridgehead atoms. The van der Waals surface area contributed by atoms with E-state index in [1.54, 1.807) is 17.8 Å². The number of fused-ring (bicyclic) bond motifs is 1. The molecule has 3 aromatic carbocycles. The second-order valence-electron chi connectivity index (χ2n) is 7.70. The van der Waals surface area contributed by atoms with Crippen LogP contribution < -0.4 is 14.8 Å². The first-order chi connectivity index (χ1) is 17.4. The average Bonchev–Trinajstić information content (AvgIpc) is 3.29. The lowest BCUT2D eigenvalue weighted by atomic mass is 10.2. The van der Waals surface area contributed by atoms with E-state index < -0.39 is 11.7 Å². The summed E-state index contributed by atoms with van der Waals surface area (Å²) in [6, 6.07) is 16.5. The van der Waals surface area contributed by atoms with E-state index in [9.17, 15) is 4.79 Å². The van der Waals surface area contributed by atoms with Gasteiger partial charge < -0.3 is 19.8 Å². The number of hydrogen-bond donors (Lipinski definition) is 2. The van der Waals surface area contributed by atoms with Gasteiger partial charge in [0, 0.05) is 33.8 Å². The largest absolute Gasteiger partial charge is 0.493 e. The molecule has 4 aromatic rings. The first-order valence-electron chi connectivity index (χ1n) is 10.8. The summed E-state index contributed by atoms with van der Waals surface area (Å²) >= 11 is 13.9. The van der Waals surface area contributed by atoms with Gasteiger partial charge in [0.25, 0.3) is 5.91 Å². The Kier molecular flexibility index (Phi) is 8.26. The topological polar surface area (TPSA) is 87.1 Å². The maximum Gasteiger partial charge on any atom is 0.267 e. The zero-order chi connectivity index (χ0) is 25.7. The molecule has 1 amide bonds. The molecule has 0 atom stereocenters. The number of aromatic amines is 1. The molecule has 2 N–H and O–H groups in total. The van der Waals surface area contributed by atoms with Gasteiger partial charge in [0.15, 0.2) is 11.6 Å². The van der Waals surface area contributed by atoms with E-state index in [0.717, 1.165) is 22.4 Å². The molecular formula is C26H20Cl2FN3O3S. The summed E-state index contributed by atoms with van der Waals surface area (Å²) < 4.78 is 26.5. The number of nitrogens with zero attached hydrogens (tertiary/aromatic N) is 1. The van der Waals surface area contributed by atoms with Crippen molar-refractivity contribution in [2.24, 2.45) is 0 Å². The van der Waals surface area contributed by atoms with Gasteiger partial charge >= 0.3 is 0 Å². The third-order valence-electron chi connectivity index (χ3n) is 5.18. The van der Waals surface area contributed by atoms with Gasteiger partial charge in [0.05, 0.1) is 23.3 Å². The van der Waals surface area contributed by atoms with Crippen molar-refractivity contribution >= 4 is 51.8 Å². The molecule has 0 fully saturated rings. The van der Waals surface area contributed by atoms with Crippen LogP contribution in [0.3, 0.4) is 0 Å². The number of carbonyl (C=O) groups is 1. The van der Waals surface area contributed by atoms with Crippen molar-refractivity contribution in [1.82, 2.24) is 10.3 Å². The van der Waals surface area contributed by atoms with Crippen LogP contribution in [0.2, 0.25) is 10.0 Å². The van der Waals surface area contributed by atoms with Crippen LogP contribution in [0.4, 0.5) is 4.39 Å². The molecule has 1 aromatic heterocycles. The minimum Gasteiger partial charge on any atom is -0.493 e. The van der Waals surface area contributed by atoms with Gasteiger partial charge in [-0.1, -0.05) is 29.3 Å². The molecule has 184 valence electrons. The summed E-state index contributed by atoms with van der Waals surface area (Å²) in [6.45, 7) is 0.495. The normalized spacial score (nSPS) is 10.8. The SMILES string of the molecule is CSCCOc1ccc2[nH]c(C(=O)NCc3ccc(Cl)c(Oc4cc(Cl)cc(C#N)c4)c3F)cc2c1. The number of rotatable bonds is 9. The van der Waals surface area contributed by atoms with E-state index in [0.29, 0.717) is 12.3 Å². The number of nitriles is 1. The van der Waals surface area contributed by atoms with Gasteiger partial charge in [-0.3, -0.25) is 4.79 Å². The lowest BCUT2D eigenvalue weighted by molar-refractivity contribution is 0.0946. The van der Waals surface area contributed by atoms with E-state index in [2.05, 4.69) is 10.3 Å². The zero-order valence-electron chi connectivity index (χ0n) is 19.0. The Hall–Kier alpha value is -3.38. The van der Waals surface area contributed by atoms with Gasteiger partial charge in [-0.2, -0.15) is 17.0 Å². The van der Waals surface area contributed by atoms with Crippen molar-refractivity contribution < 1.29 is 18.7 Å². The first-order valence-corrected chi connectivity index (χ1v) is 12.9. The third-order valence-corrected chi connectivity index (χ3v) is 6.27. The quantitative estimate of drug-likeness (QED) is 0.223. The van der Waals surface area contributed by atoms with Crippen LogP contribution in [0, 0.1) is 17.1 Å². The summed E-state index contributed by atoms with van der Waals surface area (Å²) in [6.07, 6.45) is 2.01. The molecule has 0 aliphatic heterocycles. The average molecular weight is 544 g/mol. The number of hydrogen-bond acceptors (Lipinski definition) is 5. The Morgan fingerprint density at radius 2 is 1.97 bits per heavy atom. The Morgan fingerprint density at radius 3 is 2.75 bits per heavy atom. The number of ether oxygens (including phenoxy) is 2. The van der Waals surface area contributed by atoms with E-state index >= 15 is 4.39 Å². The van der Waals surface area contributed by atoms with Gasteiger partial charge in [-0.25, -0.2) is 4.39 Å². The lowest BCUT2D eigenvalue weighted by Gasteiger charge is -2.13. The standard InChI is InChI=1S/C26H20Cl2FN3O3S/c1-36-7-6-34-19-3-5-22-17(10-19)11-23(32-22)26(33)31-14-16-2-4-21(28)25(24(16)29)35-20-9-15(13-30)8-18(27)12-20/h2-5,8-12,32H,6-7,14H2,1H3,(H,31,33). The molecule has 1 heterocycles. The van der Waals surface area contributed by atoms with Crippen LogP contribution in [0.1, 0.15) is 21.6 Å². The van der Waals surface area contributed by atoms with Gasteiger partial charge in [0.2, 0.25) is 0 Å². The van der Waals surface area contributed by atoms with Crippen LogP contribution in [-0.4, -0.2) is 29.5 Å². The van der Waals surface area contributed by atoms with Gasteiger partial charge in [-0.05, 0) is 54.8 Å². The number of carbonyl (C=O) groups excluding carboxylic acids is 1. The van der Waals surface area contributed by atoms with Crippen LogP contribution in [0.25, 0.3) is 10.9 Å². The first kappa shape index (κ1) is 25.7. The molecule has 0 saturated heterocycles. The van der Waals surface area contributed by atoms with Crippen molar-refractivity contribution in [2.75, 3.05) is 18.6 Å². The summed E-state index contributed by atoms with van der Waals surface area (Å²) in [5.41, 5.74) is 1.55. The molecule has 0 spiro atoms. The van der Waals surface area contributed by atoms with Crippen LogP contribution >= 0.6 is 35.0 Å². The Labute approximate surface area is 221 Å². The Morgan fingerprint density at radius 1 is 1.14 bits per heavy atom. The number of benzene rings is 3. The number of halogens is 3. The predicted molar refractivity (Wildman–Crippen MR) is 141 cm³/mol. The van der Waals surface area contributed by atoms with Crippen molar-refractivity contribution in [1.29, 1.82) is 5.26 Å². The van der Waals surface area contributed by atoms with Crippen molar-refractivity contribution in [3.8, 4) is 23.3 Å². The molecule has 0 saturated carbocycles. The monoisotopic (exact) mass is 543 g/mol. The van der Waals surface area contributed by atoms with E-state index in [1.807, 2.05) is 30.5 Å². The Balaban J connectivity index is 1.47. The Bertz CT molecular complexity index is 1470. The van der Waals surface area contributed by atoms with Gasteiger partial charge in [-0.15, -0.1) is 0 Å². The van der Waals surface area contributed by atoms with Crippen LogP contribution in [0.5, 0.6) is 17.2 Å². The number of nitrogens with one attached hydrogen (secondary N) is 2. The highest BCUT2D eigenvalue weighted by molar-refractivity contribution is 7.98. The molecule has 0 unspecified atom stereocenters. The number of H-pyrrole nitrogens is 1. The second-order valence-corrected chi connectivity index (χ2v) is 9.52.